The maximum Gasteiger partial charge on any atom is 0.254 e. The van der Waals surface area contributed by atoms with E-state index in [2.05, 4.69) is 16.3 Å². The molecule has 30 heavy (non-hydrogen) atoms. The largest absolute Gasteiger partial charge is 0.439 e. The molecular weight excluding hydrogens is 382 g/mol. The lowest BCUT2D eigenvalue weighted by molar-refractivity contribution is 0.100. The molecule has 152 valence electrons. The molecule has 0 radical (unpaired) electrons. The van der Waals surface area contributed by atoms with Gasteiger partial charge in [0.25, 0.3) is 5.91 Å². The van der Waals surface area contributed by atoms with Crippen LogP contribution in [0.15, 0.2) is 48.7 Å². The SMILES string of the molecule is N#CN1CCCC(n2nc(-c3ccc(Oc4ccccc4)nc3)c(C(N)=O)c2N)C1. The van der Waals surface area contributed by atoms with Crippen molar-refractivity contribution in [2.24, 2.45) is 5.73 Å². The van der Waals surface area contributed by atoms with E-state index in [1.165, 1.54) is 0 Å². The quantitative estimate of drug-likeness (QED) is 0.625. The van der Waals surface area contributed by atoms with Crippen LogP contribution in [0.25, 0.3) is 11.3 Å². The maximum absolute atomic E-state index is 12.1. The average Bonchev–Trinajstić information content (AvgIpc) is 3.12. The third kappa shape index (κ3) is 3.75. The zero-order valence-electron chi connectivity index (χ0n) is 16.2. The fourth-order valence-corrected chi connectivity index (χ4v) is 3.61. The molecule has 0 spiro atoms. The molecule has 1 atom stereocenters. The number of nitrogen functional groups attached to an aromatic ring is 1. The van der Waals surface area contributed by atoms with Crippen LogP contribution in [0.5, 0.6) is 11.6 Å². The molecule has 1 amide bonds. The van der Waals surface area contributed by atoms with Gasteiger partial charge in [-0.15, -0.1) is 0 Å². The van der Waals surface area contributed by atoms with Gasteiger partial charge in [-0.1, -0.05) is 18.2 Å². The highest BCUT2D eigenvalue weighted by atomic mass is 16.5. The summed E-state index contributed by atoms with van der Waals surface area (Å²) in [4.78, 5) is 18.1. The lowest BCUT2D eigenvalue weighted by Gasteiger charge is -2.29. The summed E-state index contributed by atoms with van der Waals surface area (Å²) in [6.07, 6.45) is 5.38. The standard InChI is InChI=1S/C21H21N7O2/c22-13-27-10-4-5-15(12-27)28-20(23)18(21(24)29)19(26-28)14-8-9-17(25-11-14)30-16-6-2-1-3-7-16/h1-3,6-9,11,15H,4-5,10,12,23H2,(H2,24,29). The van der Waals surface area contributed by atoms with E-state index in [0.29, 0.717) is 36.0 Å². The van der Waals surface area contributed by atoms with E-state index in [0.717, 1.165) is 12.8 Å². The minimum absolute atomic E-state index is 0.112. The lowest BCUT2D eigenvalue weighted by atomic mass is 10.1. The molecule has 1 aliphatic rings. The van der Waals surface area contributed by atoms with Crippen LogP contribution in [-0.2, 0) is 0 Å². The van der Waals surface area contributed by atoms with E-state index in [9.17, 15) is 10.1 Å². The molecule has 1 saturated heterocycles. The second-order valence-corrected chi connectivity index (χ2v) is 7.06. The van der Waals surface area contributed by atoms with Gasteiger partial charge in [-0.25, -0.2) is 9.67 Å². The first-order chi connectivity index (χ1) is 14.6. The van der Waals surface area contributed by atoms with Crippen LogP contribution in [0, 0.1) is 11.5 Å². The summed E-state index contributed by atoms with van der Waals surface area (Å²) in [5.74, 6) is 0.622. The van der Waals surface area contributed by atoms with Crippen molar-refractivity contribution in [1.29, 1.82) is 5.26 Å². The molecule has 1 aliphatic heterocycles. The van der Waals surface area contributed by atoms with Crippen molar-refractivity contribution in [3.63, 3.8) is 0 Å². The number of nitriles is 1. The number of hydrogen-bond acceptors (Lipinski definition) is 7. The molecule has 2 aromatic heterocycles. The summed E-state index contributed by atoms with van der Waals surface area (Å²) >= 11 is 0. The second-order valence-electron chi connectivity index (χ2n) is 7.06. The van der Waals surface area contributed by atoms with Crippen LogP contribution in [0.1, 0.15) is 29.2 Å². The summed E-state index contributed by atoms with van der Waals surface area (Å²) in [6, 6.07) is 12.6. The molecule has 4 N–H and O–H groups in total. The molecule has 0 saturated carbocycles. The van der Waals surface area contributed by atoms with Gasteiger partial charge in [0.05, 0.1) is 12.6 Å². The van der Waals surface area contributed by atoms with Crippen molar-refractivity contribution >= 4 is 11.7 Å². The zero-order valence-corrected chi connectivity index (χ0v) is 16.2. The number of carbonyl (C=O) groups is 1. The first-order valence-corrected chi connectivity index (χ1v) is 9.58. The Hall–Kier alpha value is -4.06. The third-order valence-electron chi connectivity index (χ3n) is 5.05. The fourth-order valence-electron chi connectivity index (χ4n) is 3.61. The molecule has 0 bridgehead atoms. The molecule has 4 rings (SSSR count). The van der Waals surface area contributed by atoms with Crippen molar-refractivity contribution in [2.45, 2.75) is 18.9 Å². The average molecular weight is 403 g/mol. The Morgan fingerprint density at radius 1 is 1.23 bits per heavy atom. The van der Waals surface area contributed by atoms with E-state index < -0.39 is 5.91 Å². The molecule has 3 aromatic rings. The van der Waals surface area contributed by atoms with E-state index >= 15 is 0 Å². The molecule has 1 aromatic carbocycles. The molecule has 9 heteroatoms. The summed E-state index contributed by atoms with van der Waals surface area (Å²) in [5, 5.41) is 13.8. The summed E-state index contributed by atoms with van der Waals surface area (Å²) in [5.41, 5.74) is 13.0. The summed E-state index contributed by atoms with van der Waals surface area (Å²) < 4.78 is 7.31. The van der Waals surface area contributed by atoms with Crippen molar-refractivity contribution in [2.75, 3.05) is 18.8 Å². The maximum atomic E-state index is 12.1. The van der Waals surface area contributed by atoms with Gasteiger partial charge in [-0.05, 0) is 31.0 Å². The van der Waals surface area contributed by atoms with Crippen LogP contribution >= 0.6 is 0 Å². The van der Waals surface area contributed by atoms with Crippen LogP contribution < -0.4 is 16.2 Å². The van der Waals surface area contributed by atoms with Gasteiger partial charge >= 0.3 is 0 Å². The van der Waals surface area contributed by atoms with Crippen molar-refractivity contribution in [1.82, 2.24) is 19.7 Å². The Morgan fingerprint density at radius 3 is 2.70 bits per heavy atom. The monoisotopic (exact) mass is 403 g/mol. The number of ether oxygens (including phenoxy) is 1. The lowest BCUT2D eigenvalue weighted by Crippen LogP contribution is -2.34. The number of aromatic nitrogens is 3. The zero-order chi connectivity index (χ0) is 21.1. The number of hydrogen-bond donors (Lipinski definition) is 2. The Balaban J connectivity index is 1.65. The smallest absolute Gasteiger partial charge is 0.254 e. The number of likely N-dealkylation sites (tertiary alicyclic amines) is 1. The van der Waals surface area contributed by atoms with Crippen molar-refractivity contribution in [3.8, 4) is 29.1 Å². The van der Waals surface area contributed by atoms with E-state index in [1.54, 1.807) is 27.9 Å². The number of para-hydroxylation sites is 1. The number of anilines is 1. The Labute approximate surface area is 173 Å². The topological polar surface area (TPSA) is 136 Å². The Morgan fingerprint density at radius 2 is 2.03 bits per heavy atom. The number of nitrogens with zero attached hydrogens (tertiary/aromatic N) is 5. The second kappa shape index (κ2) is 8.13. The van der Waals surface area contributed by atoms with Crippen molar-refractivity contribution in [3.05, 3.63) is 54.2 Å². The number of amides is 1. The van der Waals surface area contributed by atoms with Crippen LogP contribution in [0.4, 0.5) is 5.82 Å². The highest BCUT2D eigenvalue weighted by Gasteiger charge is 2.28. The minimum Gasteiger partial charge on any atom is -0.439 e. The number of nitrogens with two attached hydrogens (primary N) is 2. The van der Waals surface area contributed by atoms with Crippen molar-refractivity contribution < 1.29 is 9.53 Å². The number of carbonyl (C=O) groups excluding carboxylic acids is 1. The first-order valence-electron chi connectivity index (χ1n) is 9.58. The van der Waals surface area contributed by atoms with E-state index in [4.69, 9.17) is 16.2 Å². The predicted molar refractivity (Wildman–Crippen MR) is 110 cm³/mol. The number of piperidine rings is 1. The van der Waals surface area contributed by atoms with Gasteiger partial charge in [0.1, 0.15) is 22.8 Å². The Bertz CT molecular complexity index is 1090. The van der Waals surface area contributed by atoms with Gasteiger partial charge in [0.15, 0.2) is 6.19 Å². The molecule has 1 fully saturated rings. The highest BCUT2D eigenvalue weighted by Crippen LogP contribution is 2.32. The van der Waals surface area contributed by atoms with Gasteiger partial charge in [-0.2, -0.15) is 10.4 Å². The summed E-state index contributed by atoms with van der Waals surface area (Å²) in [6.45, 7) is 1.19. The van der Waals surface area contributed by atoms with Gasteiger partial charge < -0.3 is 21.1 Å². The van der Waals surface area contributed by atoms with Gasteiger partial charge in [0, 0.05) is 24.4 Å². The number of primary amides is 1. The number of pyridine rings is 1. The molecule has 1 unspecified atom stereocenters. The molecule has 3 heterocycles. The van der Waals surface area contributed by atoms with Crippen LogP contribution in [0.2, 0.25) is 0 Å². The number of benzene rings is 1. The third-order valence-corrected chi connectivity index (χ3v) is 5.05. The Kier molecular flexibility index (Phi) is 5.22. The minimum atomic E-state index is -0.661. The van der Waals surface area contributed by atoms with Crippen LogP contribution in [-0.4, -0.2) is 38.7 Å². The normalized spacial score (nSPS) is 16.1. The van der Waals surface area contributed by atoms with Crippen LogP contribution in [0.3, 0.4) is 0 Å². The molecule has 9 nitrogen and oxygen atoms in total. The molecular formula is C21H21N7O2. The summed E-state index contributed by atoms with van der Waals surface area (Å²) in [7, 11) is 0. The molecule has 0 aliphatic carbocycles. The predicted octanol–water partition coefficient (Wildman–Crippen LogP) is 2.54. The van der Waals surface area contributed by atoms with Gasteiger partial charge in [-0.3, -0.25) is 4.79 Å². The first kappa shape index (κ1) is 19.3. The number of rotatable bonds is 5. The fraction of sp³-hybridized carbons (Fsp3) is 0.238. The van der Waals surface area contributed by atoms with E-state index in [-0.39, 0.29) is 17.4 Å². The van der Waals surface area contributed by atoms with Gasteiger partial charge in [0.2, 0.25) is 5.88 Å². The van der Waals surface area contributed by atoms with E-state index in [1.807, 2.05) is 30.3 Å². The highest BCUT2D eigenvalue weighted by molar-refractivity contribution is 6.03.